The van der Waals surface area contributed by atoms with Crippen molar-refractivity contribution in [2.45, 2.75) is 35.5 Å². The molecule has 0 spiro atoms. The summed E-state index contributed by atoms with van der Waals surface area (Å²) in [5.74, 6) is 2.61. The molecule has 0 aliphatic carbocycles. The first kappa shape index (κ1) is 14.1. The zero-order valence-electron chi connectivity index (χ0n) is 11.7. The Morgan fingerprint density at radius 1 is 0.600 bits per heavy atom. The summed E-state index contributed by atoms with van der Waals surface area (Å²) in [6.07, 6.45) is 5.26. The zero-order chi connectivity index (χ0) is 13.6. The minimum atomic E-state index is 1.28. The van der Waals surface area contributed by atoms with E-state index in [1.165, 1.54) is 47.0 Å². The first-order chi connectivity index (χ1) is 9.93. The fourth-order valence-corrected chi connectivity index (χ4v) is 4.67. The third-order valence-electron chi connectivity index (χ3n) is 3.64. The van der Waals surface area contributed by atoms with Gasteiger partial charge >= 0.3 is 0 Å². The van der Waals surface area contributed by atoms with Crippen LogP contribution in [-0.2, 0) is 12.8 Å². The Morgan fingerprint density at radius 2 is 1.05 bits per heavy atom. The molecule has 0 radical (unpaired) electrons. The van der Waals surface area contributed by atoms with Crippen LogP contribution in [0.1, 0.15) is 24.0 Å². The Bertz CT molecular complexity index is 461. The van der Waals surface area contributed by atoms with E-state index in [-0.39, 0.29) is 0 Å². The molecular weight excluding hydrogens is 280 g/mol. The van der Waals surface area contributed by atoms with Crippen molar-refractivity contribution >= 4 is 23.5 Å². The number of fused-ring (bicyclic) bond motifs is 2. The average Bonchev–Trinajstić information content (AvgIpc) is 2.56. The van der Waals surface area contributed by atoms with Gasteiger partial charge in [0.25, 0.3) is 0 Å². The smallest absolute Gasteiger partial charge is 0.0104 e. The summed E-state index contributed by atoms with van der Waals surface area (Å²) < 4.78 is 0. The van der Waals surface area contributed by atoms with Crippen LogP contribution in [0, 0.1) is 0 Å². The van der Waals surface area contributed by atoms with Gasteiger partial charge in [-0.1, -0.05) is 36.4 Å². The van der Waals surface area contributed by atoms with Crippen LogP contribution in [0.25, 0.3) is 0 Å². The van der Waals surface area contributed by atoms with Gasteiger partial charge in [0.05, 0.1) is 0 Å². The van der Waals surface area contributed by atoms with E-state index in [2.05, 4.69) is 48.5 Å². The lowest BCUT2D eigenvalue weighted by molar-refractivity contribution is 0.890. The molecule has 4 rings (SSSR count). The van der Waals surface area contributed by atoms with Gasteiger partial charge in [0.2, 0.25) is 0 Å². The zero-order valence-corrected chi connectivity index (χ0v) is 13.3. The van der Waals surface area contributed by atoms with E-state index in [0.717, 1.165) is 0 Å². The molecule has 0 unspecified atom stereocenters. The number of thioether (sulfide) groups is 2. The lowest BCUT2D eigenvalue weighted by atomic mass is 10.1. The van der Waals surface area contributed by atoms with Gasteiger partial charge < -0.3 is 0 Å². The first-order valence-electron chi connectivity index (χ1n) is 7.35. The van der Waals surface area contributed by atoms with Crippen molar-refractivity contribution in [3.63, 3.8) is 0 Å². The molecule has 0 fully saturated rings. The van der Waals surface area contributed by atoms with Gasteiger partial charge in [-0.3, -0.25) is 0 Å². The van der Waals surface area contributed by atoms with E-state index in [0.29, 0.717) is 0 Å². The van der Waals surface area contributed by atoms with Crippen molar-refractivity contribution in [1.82, 2.24) is 0 Å². The summed E-state index contributed by atoms with van der Waals surface area (Å²) in [5.41, 5.74) is 3.08. The molecule has 2 heteroatoms. The van der Waals surface area contributed by atoms with Gasteiger partial charge in [-0.25, -0.2) is 0 Å². The quantitative estimate of drug-likeness (QED) is 0.634. The molecule has 0 atom stereocenters. The summed E-state index contributed by atoms with van der Waals surface area (Å²) in [6.45, 7) is 0. The van der Waals surface area contributed by atoms with Crippen LogP contribution in [-0.4, -0.2) is 11.5 Å². The van der Waals surface area contributed by atoms with E-state index in [1.807, 2.05) is 23.5 Å². The lowest BCUT2D eigenvalue weighted by Crippen LogP contribution is -1.96. The van der Waals surface area contributed by atoms with E-state index < -0.39 is 0 Å². The molecule has 2 heterocycles. The van der Waals surface area contributed by atoms with E-state index in [9.17, 15) is 0 Å². The summed E-state index contributed by atoms with van der Waals surface area (Å²) in [5, 5.41) is 0. The maximum absolute atomic E-state index is 2.24. The van der Waals surface area contributed by atoms with Gasteiger partial charge in [0, 0.05) is 9.79 Å². The molecule has 0 aromatic heterocycles. The predicted octanol–water partition coefficient (Wildman–Crippen LogP) is 5.45. The number of benzene rings is 2. The summed E-state index contributed by atoms with van der Waals surface area (Å²) in [4.78, 5) is 2.99. The second-order valence-corrected chi connectivity index (χ2v) is 7.39. The van der Waals surface area contributed by atoms with E-state index in [4.69, 9.17) is 0 Å². The molecule has 0 saturated carbocycles. The monoisotopic (exact) mass is 300 g/mol. The third kappa shape index (κ3) is 3.62. The van der Waals surface area contributed by atoms with Crippen LogP contribution < -0.4 is 0 Å². The Hall–Kier alpha value is -0.860. The maximum atomic E-state index is 2.24. The average molecular weight is 300 g/mol. The normalized spacial score (nSPS) is 16.4. The summed E-state index contributed by atoms with van der Waals surface area (Å²) >= 11 is 3.98. The first-order valence-corrected chi connectivity index (χ1v) is 9.32. The van der Waals surface area contributed by atoms with Crippen molar-refractivity contribution in [3.8, 4) is 0 Å². The molecule has 0 bridgehead atoms. The largest absolute Gasteiger partial charge is 0.126 e. The molecule has 2 aliphatic heterocycles. The predicted molar refractivity (Wildman–Crippen MR) is 91.0 cm³/mol. The van der Waals surface area contributed by atoms with Crippen molar-refractivity contribution in [1.29, 1.82) is 0 Å². The lowest BCUT2D eigenvalue weighted by Gasteiger charge is -2.13. The molecule has 0 amide bonds. The second kappa shape index (κ2) is 7.24. The molecular formula is C18H20S2. The van der Waals surface area contributed by atoms with Crippen LogP contribution in [0.2, 0.25) is 0 Å². The fraction of sp³-hybridized carbons (Fsp3) is 0.333. The standard InChI is InChI=1S/2C9H10S/c2*1-2-6-9-8(4-1)5-3-7-10-9/h2*1-2,4,6H,3,5,7H2. The Balaban J connectivity index is 0.000000121. The fourth-order valence-electron chi connectivity index (χ4n) is 2.59. The number of aryl methyl sites for hydroxylation is 2. The molecule has 2 aliphatic rings. The minimum Gasteiger partial charge on any atom is -0.126 e. The Kier molecular flexibility index (Phi) is 5.10. The highest BCUT2D eigenvalue weighted by Crippen LogP contribution is 2.29. The molecule has 20 heavy (non-hydrogen) atoms. The van der Waals surface area contributed by atoms with Crippen LogP contribution in [0.5, 0.6) is 0 Å². The van der Waals surface area contributed by atoms with Crippen LogP contribution in [0.15, 0.2) is 58.3 Å². The Labute approximate surface area is 130 Å². The van der Waals surface area contributed by atoms with Gasteiger partial charge in [-0.05, 0) is 60.4 Å². The molecule has 104 valence electrons. The van der Waals surface area contributed by atoms with E-state index in [1.54, 1.807) is 11.1 Å². The second-order valence-electron chi connectivity index (χ2n) is 5.12. The molecule has 0 saturated heterocycles. The summed E-state index contributed by atoms with van der Waals surface area (Å²) in [6, 6.07) is 17.4. The minimum absolute atomic E-state index is 1.28. The van der Waals surface area contributed by atoms with Crippen molar-refractivity contribution in [3.05, 3.63) is 59.7 Å². The van der Waals surface area contributed by atoms with Crippen molar-refractivity contribution < 1.29 is 0 Å². The number of hydrogen-bond donors (Lipinski definition) is 0. The van der Waals surface area contributed by atoms with Gasteiger partial charge in [-0.15, -0.1) is 23.5 Å². The summed E-state index contributed by atoms with van der Waals surface area (Å²) in [7, 11) is 0. The van der Waals surface area contributed by atoms with Crippen LogP contribution >= 0.6 is 23.5 Å². The topological polar surface area (TPSA) is 0 Å². The molecule has 0 nitrogen and oxygen atoms in total. The molecule has 2 aromatic carbocycles. The van der Waals surface area contributed by atoms with Gasteiger partial charge in [-0.2, -0.15) is 0 Å². The highest BCUT2D eigenvalue weighted by Gasteiger charge is 2.07. The van der Waals surface area contributed by atoms with Gasteiger partial charge in [0.1, 0.15) is 0 Å². The SMILES string of the molecule is c1ccc2c(c1)CCCS2.c1ccc2c(c1)CCCS2. The molecule has 0 N–H and O–H groups in total. The Morgan fingerprint density at radius 3 is 1.50 bits per heavy atom. The van der Waals surface area contributed by atoms with Crippen molar-refractivity contribution in [2.24, 2.45) is 0 Å². The van der Waals surface area contributed by atoms with Crippen LogP contribution in [0.3, 0.4) is 0 Å². The third-order valence-corrected chi connectivity index (χ3v) is 6.05. The number of rotatable bonds is 0. The van der Waals surface area contributed by atoms with E-state index >= 15 is 0 Å². The van der Waals surface area contributed by atoms with Crippen LogP contribution in [0.4, 0.5) is 0 Å². The highest BCUT2D eigenvalue weighted by molar-refractivity contribution is 7.99. The van der Waals surface area contributed by atoms with Gasteiger partial charge in [0.15, 0.2) is 0 Å². The maximum Gasteiger partial charge on any atom is 0.0104 e. The highest BCUT2D eigenvalue weighted by atomic mass is 32.2. The number of hydrogen-bond acceptors (Lipinski definition) is 2. The van der Waals surface area contributed by atoms with Crippen molar-refractivity contribution in [2.75, 3.05) is 11.5 Å². The molecule has 2 aromatic rings.